The molecule has 1 aromatic carbocycles. The molecule has 0 heterocycles. The molecule has 0 bridgehead atoms. The third-order valence-corrected chi connectivity index (χ3v) is 1.86. The van der Waals surface area contributed by atoms with Gasteiger partial charge in [-0.2, -0.15) is 0 Å². The molecule has 1 rings (SSSR count). The number of hydrogen-bond donors (Lipinski definition) is 1. The van der Waals surface area contributed by atoms with Crippen LogP contribution in [0.4, 0.5) is 5.69 Å². The number of rotatable bonds is 3. The molecular weight excluding hydrogens is 194 g/mol. The first kappa shape index (κ1) is 11.3. The summed E-state index contributed by atoms with van der Waals surface area (Å²) in [5.41, 5.74) is 0.989. The van der Waals surface area contributed by atoms with Crippen LogP contribution < -0.4 is 5.06 Å². The molecule has 0 unspecified atom stereocenters. The summed E-state index contributed by atoms with van der Waals surface area (Å²) in [6.45, 7) is 1.62. The van der Waals surface area contributed by atoms with E-state index >= 15 is 0 Å². The van der Waals surface area contributed by atoms with Gasteiger partial charge in [0.1, 0.15) is 0 Å². The van der Waals surface area contributed by atoms with Crippen molar-refractivity contribution in [1.29, 1.82) is 0 Å². The predicted octanol–water partition coefficient (Wildman–Crippen LogP) is 1.96. The minimum absolute atomic E-state index is 0.396. The summed E-state index contributed by atoms with van der Waals surface area (Å²) >= 11 is 0. The molecule has 0 fully saturated rings. The average molecular weight is 207 g/mol. The second-order valence-electron chi connectivity index (χ2n) is 2.96. The summed E-state index contributed by atoms with van der Waals surface area (Å²) in [5, 5.41) is 10.6. The largest absolute Gasteiger partial charge is 0.466 e. The number of methoxy groups -OCH3 is 1. The highest BCUT2D eigenvalue weighted by molar-refractivity contribution is 5.83. The van der Waals surface area contributed by atoms with E-state index < -0.39 is 5.97 Å². The Kier molecular flexibility index (Phi) is 3.88. The van der Waals surface area contributed by atoms with Gasteiger partial charge in [0.05, 0.1) is 18.5 Å². The molecule has 0 saturated heterocycles. The highest BCUT2D eigenvalue weighted by Gasteiger charge is 2.06. The van der Waals surface area contributed by atoms with E-state index in [0.717, 1.165) is 5.06 Å². The Morgan fingerprint density at radius 3 is 2.53 bits per heavy atom. The number of allylic oxidation sites excluding steroid dienone is 1. The van der Waals surface area contributed by atoms with E-state index in [4.69, 9.17) is 0 Å². The van der Waals surface area contributed by atoms with Gasteiger partial charge in [-0.15, -0.1) is 0 Å². The molecule has 0 atom stereocenters. The van der Waals surface area contributed by atoms with E-state index in [1.54, 1.807) is 31.2 Å². The molecule has 0 saturated carbocycles. The number of carbonyl (C=O) groups is 1. The first-order valence-corrected chi connectivity index (χ1v) is 4.45. The molecular formula is C11H13NO3. The number of nitrogens with zero attached hydrogens (tertiary/aromatic N) is 1. The number of esters is 1. The molecule has 0 aromatic heterocycles. The predicted molar refractivity (Wildman–Crippen MR) is 56.5 cm³/mol. The monoisotopic (exact) mass is 207 g/mol. The van der Waals surface area contributed by atoms with Crippen LogP contribution in [0.5, 0.6) is 0 Å². The lowest BCUT2D eigenvalue weighted by Crippen LogP contribution is -2.16. The number of para-hydroxylation sites is 1. The van der Waals surface area contributed by atoms with Gasteiger partial charge in [0.15, 0.2) is 0 Å². The Morgan fingerprint density at radius 2 is 2.00 bits per heavy atom. The molecule has 0 aliphatic rings. The lowest BCUT2D eigenvalue weighted by atomic mass is 10.3. The molecule has 0 amide bonds. The normalized spacial score (nSPS) is 11.0. The van der Waals surface area contributed by atoms with Crippen molar-refractivity contribution in [3.63, 3.8) is 0 Å². The summed E-state index contributed by atoms with van der Waals surface area (Å²) < 4.78 is 4.45. The molecule has 4 heteroatoms. The van der Waals surface area contributed by atoms with Gasteiger partial charge < -0.3 is 4.74 Å². The van der Waals surface area contributed by atoms with Crippen molar-refractivity contribution in [2.75, 3.05) is 12.2 Å². The smallest absolute Gasteiger partial charge is 0.332 e. The maximum Gasteiger partial charge on any atom is 0.332 e. The summed E-state index contributed by atoms with van der Waals surface area (Å²) in [4.78, 5) is 10.9. The maximum absolute atomic E-state index is 10.9. The van der Waals surface area contributed by atoms with Crippen molar-refractivity contribution >= 4 is 11.7 Å². The summed E-state index contributed by atoms with van der Waals surface area (Å²) in [6.07, 6.45) is 1.22. The van der Waals surface area contributed by atoms with Crippen molar-refractivity contribution in [2.45, 2.75) is 6.92 Å². The first-order chi connectivity index (χ1) is 7.15. The van der Waals surface area contributed by atoms with Gasteiger partial charge in [-0.05, 0) is 19.1 Å². The molecule has 15 heavy (non-hydrogen) atoms. The molecule has 0 aliphatic heterocycles. The average Bonchev–Trinajstić information content (AvgIpc) is 2.29. The van der Waals surface area contributed by atoms with E-state index in [9.17, 15) is 10.0 Å². The zero-order valence-corrected chi connectivity index (χ0v) is 8.68. The van der Waals surface area contributed by atoms with Gasteiger partial charge >= 0.3 is 5.97 Å². The second-order valence-corrected chi connectivity index (χ2v) is 2.96. The van der Waals surface area contributed by atoms with Crippen molar-refractivity contribution in [2.24, 2.45) is 0 Å². The van der Waals surface area contributed by atoms with Gasteiger partial charge in [-0.25, -0.2) is 9.86 Å². The fraction of sp³-hybridized carbons (Fsp3) is 0.182. The fourth-order valence-corrected chi connectivity index (χ4v) is 1.06. The fourth-order valence-electron chi connectivity index (χ4n) is 1.06. The number of hydroxylamine groups is 1. The van der Waals surface area contributed by atoms with Crippen LogP contribution in [0.15, 0.2) is 42.1 Å². The van der Waals surface area contributed by atoms with Crippen LogP contribution in [0, 0.1) is 0 Å². The lowest BCUT2D eigenvalue weighted by Gasteiger charge is -2.16. The molecule has 0 radical (unpaired) electrons. The SMILES string of the molecule is COC(=O)/C=C(\C)N(O)c1ccccc1. The van der Waals surface area contributed by atoms with Gasteiger partial charge in [0.2, 0.25) is 0 Å². The van der Waals surface area contributed by atoms with Gasteiger partial charge in [0, 0.05) is 6.08 Å². The topological polar surface area (TPSA) is 49.8 Å². The van der Waals surface area contributed by atoms with Crippen LogP contribution in [0.1, 0.15) is 6.92 Å². The second kappa shape index (κ2) is 5.17. The number of ether oxygens (including phenoxy) is 1. The van der Waals surface area contributed by atoms with Crippen LogP contribution >= 0.6 is 0 Å². The quantitative estimate of drug-likeness (QED) is 0.467. The van der Waals surface area contributed by atoms with Crippen molar-refractivity contribution in [3.8, 4) is 0 Å². The molecule has 0 spiro atoms. The number of hydrogen-bond acceptors (Lipinski definition) is 4. The van der Waals surface area contributed by atoms with E-state index in [0.29, 0.717) is 11.4 Å². The number of benzene rings is 1. The van der Waals surface area contributed by atoms with Crippen molar-refractivity contribution < 1.29 is 14.7 Å². The van der Waals surface area contributed by atoms with E-state index in [2.05, 4.69) is 4.74 Å². The molecule has 1 N–H and O–H groups in total. The van der Waals surface area contributed by atoms with Crippen LogP contribution in [0.2, 0.25) is 0 Å². The van der Waals surface area contributed by atoms with Crippen LogP contribution in [0.3, 0.4) is 0 Å². The Morgan fingerprint density at radius 1 is 1.40 bits per heavy atom. The van der Waals surface area contributed by atoms with E-state index in [1.807, 2.05) is 6.07 Å². The molecule has 1 aromatic rings. The highest BCUT2D eigenvalue weighted by atomic mass is 16.5. The number of carbonyl (C=O) groups excluding carboxylic acids is 1. The minimum Gasteiger partial charge on any atom is -0.466 e. The third-order valence-electron chi connectivity index (χ3n) is 1.86. The summed E-state index contributed by atoms with van der Waals surface area (Å²) in [5.74, 6) is -0.498. The Hall–Kier alpha value is -1.81. The third kappa shape index (κ3) is 3.11. The minimum atomic E-state index is -0.498. The molecule has 80 valence electrons. The van der Waals surface area contributed by atoms with Crippen LogP contribution in [0.25, 0.3) is 0 Å². The highest BCUT2D eigenvalue weighted by Crippen LogP contribution is 2.15. The maximum atomic E-state index is 10.9. The van der Waals surface area contributed by atoms with E-state index in [-0.39, 0.29) is 0 Å². The lowest BCUT2D eigenvalue weighted by molar-refractivity contribution is -0.134. The summed E-state index contributed by atoms with van der Waals surface area (Å²) in [6, 6.07) is 8.90. The van der Waals surface area contributed by atoms with Gasteiger partial charge in [0.25, 0.3) is 0 Å². The standard InChI is InChI=1S/C11H13NO3/c1-9(8-11(13)15-2)12(14)10-6-4-3-5-7-10/h3-8,14H,1-2H3/b9-8+. The Balaban J connectivity index is 2.81. The van der Waals surface area contributed by atoms with Crippen molar-refractivity contribution in [1.82, 2.24) is 0 Å². The Labute approximate surface area is 88.3 Å². The number of anilines is 1. The summed E-state index contributed by atoms with van der Waals surface area (Å²) in [7, 11) is 1.29. The van der Waals surface area contributed by atoms with Gasteiger partial charge in [-0.3, -0.25) is 5.21 Å². The zero-order valence-electron chi connectivity index (χ0n) is 8.68. The Bertz CT molecular complexity index is 359. The van der Waals surface area contributed by atoms with Crippen molar-refractivity contribution in [3.05, 3.63) is 42.1 Å². The van der Waals surface area contributed by atoms with E-state index in [1.165, 1.54) is 13.2 Å². The molecule has 0 aliphatic carbocycles. The molecule has 4 nitrogen and oxygen atoms in total. The van der Waals surface area contributed by atoms with Crippen LogP contribution in [-0.2, 0) is 9.53 Å². The first-order valence-electron chi connectivity index (χ1n) is 4.45. The van der Waals surface area contributed by atoms with Gasteiger partial charge in [-0.1, -0.05) is 18.2 Å². The zero-order chi connectivity index (χ0) is 11.3. The van der Waals surface area contributed by atoms with Crippen LogP contribution in [-0.4, -0.2) is 18.3 Å².